The fourth-order valence-corrected chi connectivity index (χ4v) is 3.06. The van der Waals surface area contributed by atoms with Gasteiger partial charge in [-0.05, 0) is 38.1 Å². The number of nitrogen functional groups attached to an aromatic ring is 1. The van der Waals surface area contributed by atoms with E-state index in [2.05, 4.69) is 17.1 Å². The molecule has 0 aromatic heterocycles. The summed E-state index contributed by atoms with van der Waals surface area (Å²) in [6.45, 7) is 5.06. The standard InChI is InChI=1S/C14H21ClN4O/c1-2-19-5-3-4-10(19)8-18-13-11(14(17)20)6-9(16)7-12(13)15/h6-7,10,18H,2-5,8,16H2,1H3,(H2,17,20). The van der Waals surface area contributed by atoms with E-state index >= 15 is 0 Å². The number of nitrogens with two attached hydrogens (primary N) is 2. The first-order valence-corrected chi connectivity index (χ1v) is 7.27. The van der Waals surface area contributed by atoms with Crippen LogP contribution in [0.4, 0.5) is 11.4 Å². The molecule has 0 spiro atoms. The Labute approximate surface area is 124 Å². The first-order chi connectivity index (χ1) is 9.52. The molecule has 1 aromatic rings. The van der Waals surface area contributed by atoms with Gasteiger partial charge >= 0.3 is 0 Å². The van der Waals surface area contributed by atoms with Gasteiger partial charge in [0.2, 0.25) is 0 Å². The first-order valence-electron chi connectivity index (χ1n) is 6.89. The zero-order chi connectivity index (χ0) is 14.7. The van der Waals surface area contributed by atoms with Crippen molar-refractivity contribution in [2.75, 3.05) is 30.7 Å². The van der Waals surface area contributed by atoms with Gasteiger partial charge in [-0.3, -0.25) is 9.69 Å². The van der Waals surface area contributed by atoms with Crippen LogP contribution in [0.5, 0.6) is 0 Å². The fourth-order valence-electron chi connectivity index (χ4n) is 2.76. The van der Waals surface area contributed by atoms with Gasteiger partial charge in [-0.15, -0.1) is 0 Å². The summed E-state index contributed by atoms with van der Waals surface area (Å²) in [4.78, 5) is 13.9. The Bertz CT molecular complexity index is 506. The van der Waals surface area contributed by atoms with E-state index in [1.807, 2.05) is 0 Å². The zero-order valence-electron chi connectivity index (χ0n) is 11.7. The number of halogens is 1. The van der Waals surface area contributed by atoms with E-state index in [9.17, 15) is 4.79 Å². The second kappa shape index (κ2) is 6.33. The van der Waals surface area contributed by atoms with E-state index in [0.29, 0.717) is 28.0 Å². The van der Waals surface area contributed by atoms with Crippen molar-refractivity contribution in [3.63, 3.8) is 0 Å². The maximum absolute atomic E-state index is 11.5. The lowest BCUT2D eigenvalue weighted by atomic mass is 10.1. The highest BCUT2D eigenvalue weighted by atomic mass is 35.5. The summed E-state index contributed by atoms with van der Waals surface area (Å²) in [5.74, 6) is -0.527. The molecule has 5 nitrogen and oxygen atoms in total. The monoisotopic (exact) mass is 296 g/mol. The minimum atomic E-state index is -0.527. The van der Waals surface area contributed by atoms with Crippen LogP contribution < -0.4 is 16.8 Å². The number of anilines is 2. The molecule has 0 aliphatic carbocycles. The molecule has 1 atom stereocenters. The Morgan fingerprint density at radius 3 is 2.95 bits per heavy atom. The second-order valence-corrected chi connectivity index (χ2v) is 5.50. The van der Waals surface area contributed by atoms with Crippen LogP contribution in [0.3, 0.4) is 0 Å². The number of likely N-dealkylation sites (N-methyl/N-ethyl adjacent to an activating group) is 1. The maximum Gasteiger partial charge on any atom is 0.250 e. The number of hydrogen-bond acceptors (Lipinski definition) is 4. The van der Waals surface area contributed by atoms with Gasteiger partial charge in [0.15, 0.2) is 0 Å². The molecule has 1 amide bonds. The Morgan fingerprint density at radius 2 is 2.30 bits per heavy atom. The average molecular weight is 297 g/mol. The fraction of sp³-hybridized carbons (Fsp3) is 0.500. The van der Waals surface area contributed by atoms with Crippen molar-refractivity contribution in [2.24, 2.45) is 5.73 Å². The van der Waals surface area contributed by atoms with Crippen molar-refractivity contribution in [1.82, 2.24) is 4.90 Å². The number of carbonyl (C=O) groups excluding carboxylic acids is 1. The molecule has 5 N–H and O–H groups in total. The highest BCUT2D eigenvalue weighted by Gasteiger charge is 2.23. The normalized spacial score (nSPS) is 19.2. The number of rotatable bonds is 5. The van der Waals surface area contributed by atoms with Crippen molar-refractivity contribution < 1.29 is 4.79 Å². The number of likely N-dealkylation sites (tertiary alicyclic amines) is 1. The van der Waals surface area contributed by atoms with E-state index in [-0.39, 0.29) is 0 Å². The van der Waals surface area contributed by atoms with Gasteiger partial charge in [-0.2, -0.15) is 0 Å². The minimum Gasteiger partial charge on any atom is -0.399 e. The molecule has 1 fully saturated rings. The molecule has 0 radical (unpaired) electrons. The maximum atomic E-state index is 11.5. The first kappa shape index (κ1) is 14.9. The number of benzene rings is 1. The summed E-state index contributed by atoms with van der Waals surface area (Å²) >= 11 is 6.17. The van der Waals surface area contributed by atoms with Gasteiger partial charge in [0.1, 0.15) is 0 Å². The molecule has 1 unspecified atom stereocenters. The van der Waals surface area contributed by atoms with Crippen molar-refractivity contribution in [3.05, 3.63) is 22.7 Å². The number of amides is 1. The molecular formula is C14H21ClN4O. The second-order valence-electron chi connectivity index (χ2n) is 5.10. The average Bonchev–Trinajstić information content (AvgIpc) is 2.84. The minimum absolute atomic E-state index is 0.344. The van der Waals surface area contributed by atoms with Crippen LogP contribution in [-0.2, 0) is 0 Å². The van der Waals surface area contributed by atoms with Crippen molar-refractivity contribution in [3.8, 4) is 0 Å². The van der Waals surface area contributed by atoms with Crippen molar-refractivity contribution in [1.29, 1.82) is 0 Å². The van der Waals surface area contributed by atoms with Gasteiger partial charge in [0.05, 0.1) is 16.3 Å². The van der Waals surface area contributed by atoms with Gasteiger partial charge in [0.25, 0.3) is 5.91 Å². The van der Waals surface area contributed by atoms with Crippen LogP contribution in [-0.4, -0.2) is 36.5 Å². The molecule has 6 heteroatoms. The third kappa shape index (κ3) is 3.16. The lowest BCUT2D eigenvalue weighted by Crippen LogP contribution is -2.35. The molecule has 0 saturated carbocycles. The molecular weight excluding hydrogens is 276 g/mol. The molecule has 0 bridgehead atoms. The van der Waals surface area contributed by atoms with Crippen LogP contribution in [0, 0.1) is 0 Å². The largest absolute Gasteiger partial charge is 0.399 e. The van der Waals surface area contributed by atoms with E-state index in [1.165, 1.54) is 6.42 Å². The highest BCUT2D eigenvalue weighted by Crippen LogP contribution is 2.29. The lowest BCUT2D eigenvalue weighted by molar-refractivity contribution is 0.100. The summed E-state index contributed by atoms with van der Waals surface area (Å²) < 4.78 is 0. The molecule has 1 aromatic carbocycles. The van der Waals surface area contributed by atoms with Crippen LogP contribution in [0.15, 0.2) is 12.1 Å². The quantitative estimate of drug-likeness (QED) is 0.725. The van der Waals surface area contributed by atoms with Gasteiger partial charge < -0.3 is 16.8 Å². The summed E-state index contributed by atoms with van der Waals surface area (Å²) in [7, 11) is 0. The van der Waals surface area contributed by atoms with Crippen LogP contribution >= 0.6 is 11.6 Å². The number of hydrogen-bond donors (Lipinski definition) is 3. The van der Waals surface area contributed by atoms with Gasteiger partial charge in [0, 0.05) is 18.3 Å². The lowest BCUT2D eigenvalue weighted by Gasteiger charge is -2.24. The SMILES string of the molecule is CCN1CCCC1CNc1c(Cl)cc(N)cc1C(N)=O. The predicted octanol–water partition coefficient (Wildman–Crippen LogP) is 1.92. The zero-order valence-corrected chi connectivity index (χ0v) is 12.4. The summed E-state index contributed by atoms with van der Waals surface area (Å²) in [5.41, 5.74) is 12.4. The number of carbonyl (C=O) groups is 1. The van der Waals surface area contributed by atoms with Crippen LogP contribution in [0.2, 0.25) is 5.02 Å². The molecule has 110 valence electrons. The third-order valence-electron chi connectivity index (χ3n) is 3.80. The predicted molar refractivity (Wildman–Crippen MR) is 83.1 cm³/mol. The topological polar surface area (TPSA) is 84.4 Å². The Kier molecular flexibility index (Phi) is 4.73. The number of primary amides is 1. The third-order valence-corrected chi connectivity index (χ3v) is 4.10. The Hall–Kier alpha value is -1.46. The Morgan fingerprint density at radius 1 is 1.55 bits per heavy atom. The van der Waals surface area contributed by atoms with Crippen molar-refractivity contribution >= 4 is 28.9 Å². The van der Waals surface area contributed by atoms with E-state index in [4.69, 9.17) is 23.1 Å². The van der Waals surface area contributed by atoms with E-state index in [0.717, 1.165) is 26.1 Å². The summed E-state index contributed by atoms with van der Waals surface area (Å²) in [6.07, 6.45) is 2.36. The van der Waals surface area contributed by atoms with Crippen LogP contribution in [0.1, 0.15) is 30.1 Å². The number of nitrogens with one attached hydrogen (secondary N) is 1. The highest BCUT2D eigenvalue weighted by molar-refractivity contribution is 6.34. The van der Waals surface area contributed by atoms with Crippen LogP contribution in [0.25, 0.3) is 0 Å². The Balaban J connectivity index is 2.14. The summed E-state index contributed by atoms with van der Waals surface area (Å²) in [6, 6.07) is 3.65. The number of nitrogens with zero attached hydrogens (tertiary/aromatic N) is 1. The molecule has 1 aliphatic rings. The molecule has 1 saturated heterocycles. The van der Waals surface area contributed by atoms with Crippen molar-refractivity contribution in [2.45, 2.75) is 25.8 Å². The van der Waals surface area contributed by atoms with E-state index < -0.39 is 5.91 Å². The molecule has 20 heavy (non-hydrogen) atoms. The molecule has 1 heterocycles. The van der Waals surface area contributed by atoms with E-state index in [1.54, 1.807) is 12.1 Å². The smallest absolute Gasteiger partial charge is 0.250 e. The molecule has 1 aliphatic heterocycles. The molecule has 2 rings (SSSR count). The van der Waals surface area contributed by atoms with Gasteiger partial charge in [-0.1, -0.05) is 18.5 Å². The van der Waals surface area contributed by atoms with Gasteiger partial charge in [-0.25, -0.2) is 0 Å². The summed E-state index contributed by atoms with van der Waals surface area (Å²) in [5, 5.41) is 3.70.